The molecule has 0 radical (unpaired) electrons. The Morgan fingerprint density at radius 2 is 2.00 bits per heavy atom. The molecule has 0 aliphatic carbocycles. The van der Waals surface area contributed by atoms with Gasteiger partial charge in [-0.15, -0.1) is 0 Å². The number of hydrogen-bond acceptors (Lipinski definition) is 3. The summed E-state index contributed by atoms with van der Waals surface area (Å²) >= 11 is 5.77. The molecule has 0 amide bonds. The monoisotopic (exact) mass is 244 g/mol. The number of carboxylic acid groups (broad SMARTS) is 1. The average molecular weight is 245 g/mol. The van der Waals surface area contributed by atoms with Crippen molar-refractivity contribution in [2.24, 2.45) is 0 Å². The van der Waals surface area contributed by atoms with E-state index in [0.717, 1.165) is 5.41 Å². The quantitative estimate of drug-likeness (QED) is 0.814. The highest BCUT2D eigenvalue weighted by atomic mass is 35.5. The minimum absolute atomic E-state index is 0.0487. The van der Waals surface area contributed by atoms with E-state index in [1.165, 1.54) is 18.2 Å². The van der Waals surface area contributed by atoms with Crippen LogP contribution in [-0.4, -0.2) is 19.5 Å². The molecule has 0 saturated carbocycles. The average Bonchev–Trinajstić information content (AvgIpc) is 2.40. The van der Waals surface area contributed by atoms with Gasteiger partial charge in [0.25, 0.3) is 0 Å². The van der Waals surface area contributed by atoms with Gasteiger partial charge in [-0.1, -0.05) is 17.7 Å². The molecule has 0 aromatic heterocycles. The molecular weight excluding hydrogens is 240 g/mol. The van der Waals surface area contributed by atoms with Crippen LogP contribution < -0.4 is 0 Å². The summed E-state index contributed by atoms with van der Waals surface area (Å²) in [6, 6.07) is 4.26. The fourth-order valence-corrected chi connectivity index (χ4v) is 3.20. The molecule has 0 bridgehead atoms. The number of hydrogen-bond donors (Lipinski definition) is 1. The maximum atomic E-state index is 11.5. The summed E-state index contributed by atoms with van der Waals surface area (Å²) in [6.45, 7) is 0. The third-order valence-corrected chi connectivity index (χ3v) is 3.87. The molecule has 1 aromatic carbocycles. The first kappa shape index (κ1) is 10.2. The highest BCUT2D eigenvalue weighted by Gasteiger charge is 2.32. The molecule has 4 nitrogen and oxygen atoms in total. The molecule has 78 valence electrons. The summed E-state index contributed by atoms with van der Waals surface area (Å²) < 4.78 is 23.0. The van der Waals surface area contributed by atoms with Gasteiger partial charge >= 0.3 is 5.97 Å². The van der Waals surface area contributed by atoms with Crippen LogP contribution in [0.15, 0.2) is 28.5 Å². The normalized spacial score (nSPS) is 17.0. The Morgan fingerprint density at radius 3 is 2.60 bits per heavy atom. The molecule has 0 fully saturated rings. The molecular formula is C9H5ClO4S. The zero-order valence-electron chi connectivity index (χ0n) is 7.27. The standard InChI is InChI=1S/C9H5ClO4S/c10-6-2-1-3-7-8(6)5(9(11)12)4-15(7,13)14/h1-4H,(H,11,12). The van der Waals surface area contributed by atoms with Gasteiger partial charge < -0.3 is 5.11 Å². The number of carbonyl (C=O) groups is 1. The maximum Gasteiger partial charge on any atom is 0.337 e. The van der Waals surface area contributed by atoms with Crippen LogP contribution in [0.4, 0.5) is 0 Å². The SMILES string of the molecule is O=C(O)C1=CS(=O)(=O)c2cccc(Cl)c21. The van der Waals surface area contributed by atoms with Gasteiger partial charge in [-0.25, -0.2) is 13.2 Å². The van der Waals surface area contributed by atoms with Crippen LogP contribution >= 0.6 is 11.6 Å². The molecule has 1 aromatic rings. The Morgan fingerprint density at radius 1 is 1.33 bits per heavy atom. The van der Waals surface area contributed by atoms with Gasteiger partial charge in [0, 0.05) is 5.56 Å². The summed E-state index contributed by atoms with van der Waals surface area (Å²) in [5, 5.41) is 9.68. The third kappa shape index (κ3) is 1.44. The van der Waals surface area contributed by atoms with Gasteiger partial charge in [0.1, 0.15) is 0 Å². The van der Waals surface area contributed by atoms with E-state index in [9.17, 15) is 13.2 Å². The van der Waals surface area contributed by atoms with E-state index in [0.29, 0.717) is 0 Å². The van der Waals surface area contributed by atoms with E-state index in [1.54, 1.807) is 0 Å². The van der Waals surface area contributed by atoms with Gasteiger partial charge in [0.2, 0.25) is 9.84 Å². The van der Waals surface area contributed by atoms with E-state index in [1.807, 2.05) is 0 Å². The van der Waals surface area contributed by atoms with E-state index < -0.39 is 15.8 Å². The fraction of sp³-hybridized carbons (Fsp3) is 0. The number of fused-ring (bicyclic) bond motifs is 1. The number of rotatable bonds is 1. The van der Waals surface area contributed by atoms with Crippen LogP contribution in [0, 0.1) is 0 Å². The van der Waals surface area contributed by atoms with E-state index >= 15 is 0 Å². The van der Waals surface area contributed by atoms with Crippen LogP contribution in [0.3, 0.4) is 0 Å². The highest BCUT2D eigenvalue weighted by Crippen LogP contribution is 2.37. The van der Waals surface area contributed by atoms with Gasteiger partial charge in [-0.2, -0.15) is 0 Å². The van der Waals surface area contributed by atoms with Crippen molar-refractivity contribution in [3.63, 3.8) is 0 Å². The van der Waals surface area contributed by atoms with Crippen LogP contribution in [0.5, 0.6) is 0 Å². The predicted octanol–water partition coefficient (Wildman–Crippen LogP) is 1.55. The minimum Gasteiger partial charge on any atom is -0.478 e. The summed E-state index contributed by atoms with van der Waals surface area (Å²) in [5.74, 6) is -1.30. The first-order chi connectivity index (χ1) is 6.93. The Kier molecular flexibility index (Phi) is 2.09. The second-order valence-corrected chi connectivity index (χ2v) is 5.17. The Balaban J connectivity index is 2.86. The Bertz CT molecular complexity index is 586. The smallest absolute Gasteiger partial charge is 0.337 e. The van der Waals surface area contributed by atoms with Crippen molar-refractivity contribution in [2.75, 3.05) is 0 Å². The number of benzene rings is 1. The van der Waals surface area contributed by atoms with Crippen molar-refractivity contribution in [1.82, 2.24) is 0 Å². The van der Waals surface area contributed by atoms with Crippen LogP contribution in [0.25, 0.3) is 5.57 Å². The molecule has 2 rings (SSSR count). The van der Waals surface area contributed by atoms with E-state index in [4.69, 9.17) is 16.7 Å². The summed E-state index contributed by atoms with van der Waals surface area (Å²) in [6.07, 6.45) is 0. The molecule has 1 aliphatic rings. The number of carboxylic acids is 1. The predicted molar refractivity (Wildman–Crippen MR) is 54.3 cm³/mol. The van der Waals surface area contributed by atoms with Crippen molar-refractivity contribution in [2.45, 2.75) is 4.90 Å². The molecule has 6 heteroatoms. The highest BCUT2D eigenvalue weighted by molar-refractivity contribution is 7.95. The molecule has 0 saturated heterocycles. The molecule has 1 aliphatic heterocycles. The zero-order chi connectivity index (χ0) is 11.2. The van der Waals surface area contributed by atoms with Crippen molar-refractivity contribution < 1.29 is 18.3 Å². The summed E-state index contributed by atoms with van der Waals surface area (Å²) in [5.41, 5.74) is -0.206. The van der Waals surface area contributed by atoms with Gasteiger partial charge in [-0.05, 0) is 12.1 Å². The van der Waals surface area contributed by atoms with Crippen molar-refractivity contribution in [3.8, 4) is 0 Å². The molecule has 0 spiro atoms. The lowest BCUT2D eigenvalue weighted by atomic mass is 10.1. The topological polar surface area (TPSA) is 71.4 Å². The van der Waals surface area contributed by atoms with Crippen molar-refractivity contribution >= 4 is 33.0 Å². The fourth-order valence-electron chi connectivity index (χ4n) is 1.44. The van der Waals surface area contributed by atoms with Crippen LogP contribution in [-0.2, 0) is 14.6 Å². The minimum atomic E-state index is -3.65. The van der Waals surface area contributed by atoms with Crippen LogP contribution in [0.1, 0.15) is 5.56 Å². The molecule has 15 heavy (non-hydrogen) atoms. The first-order valence-corrected chi connectivity index (χ1v) is 5.85. The third-order valence-electron chi connectivity index (χ3n) is 2.05. The Hall–Kier alpha value is -1.33. The molecule has 1 N–H and O–H groups in total. The van der Waals surface area contributed by atoms with Crippen molar-refractivity contribution in [3.05, 3.63) is 34.2 Å². The lowest BCUT2D eigenvalue weighted by Gasteiger charge is -2.02. The van der Waals surface area contributed by atoms with Crippen molar-refractivity contribution in [1.29, 1.82) is 0 Å². The lowest BCUT2D eigenvalue weighted by molar-refractivity contribution is -0.130. The molecule has 0 unspecified atom stereocenters. The Labute approximate surface area is 90.7 Å². The second kappa shape index (κ2) is 3.08. The zero-order valence-corrected chi connectivity index (χ0v) is 8.84. The first-order valence-electron chi connectivity index (χ1n) is 3.92. The second-order valence-electron chi connectivity index (χ2n) is 2.99. The summed E-state index contributed by atoms with van der Waals surface area (Å²) in [4.78, 5) is 10.8. The largest absolute Gasteiger partial charge is 0.478 e. The summed E-state index contributed by atoms with van der Waals surface area (Å²) in [7, 11) is -3.65. The van der Waals surface area contributed by atoms with Gasteiger partial charge in [0.15, 0.2) is 0 Å². The van der Waals surface area contributed by atoms with Gasteiger partial charge in [0.05, 0.1) is 20.9 Å². The number of halogens is 1. The number of aliphatic carboxylic acids is 1. The molecule has 1 heterocycles. The molecule has 0 atom stereocenters. The maximum absolute atomic E-state index is 11.5. The number of sulfone groups is 1. The van der Waals surface area contributed by atoms with Crippen LogP contribution in [0.2, 0.25) is 5.02 Å². The lowest BCUT2D eigenvalue weighted by Crippen LogP contribution is -1.98. The van der Waals surface area contributed by atoms with E-state index in [-0.39, 0.29) is 21.1 Å². The van der Waals surface area contributed by atoms with E-state index in [2.05, 4.69) is 0 Å². The van der Waals surface area contributed by atoms with Gasteiger partial charge in [-0.3, -0.25) is 0 Å².